The number of benzene rings is 1. The molecular formula is C16H15N3O6. The molecule has 0 aliphatic heterocycles. The maximum Gasteiger partial charge on any atom is 0.364 e. The molecule has 9 nitrogen and oxygen atoms in total. The number of methoxy groups -OCH3 is 2. The standard InChI is InChI=1S/C16H15N3O6/c1-9-6-10(7-14(17-9)19(22)23)15(20)18-16(21)12-5-4-11(24-2)8-13(12)25-3/h4-8H,1-3H3,(H,18,20,21). The Bertz CT molecular complexity index is 850. The van der Waals surface area contributed by atoms with Crippen molar-refractivity contribution in [2.45, 2.75) is 6.92 Å². The number of aryl methyl sites for hydroxylation is 1. The second-order valence-electron chi connectivity index (χ2n) is 4.96. The molecule has 9 heteroatoms. The van der Waals surface area contributed by atoms with E-state index in [1.807, 2.05) is 0 Å². The molecule has 0 aliphatic rings. The van der Waals surface area contributed by atoms with E-state index in [4.69, 9.17) is 9.47 Å². The SMILES string of the molecule is COc1ccc(C(=O)NC(=O)c2cc(C)nc([N+](=O)[O-])c2)c(OC)c1. The lowest BCUT2D eigenvalue weighted by molar-refractivity contribution is -0.389. The van der Waals surface area contributed by atoms with Crippen LogP contribution in [-0.2, 0) is 0 Å². The van der Waals surface area contributed by atoms with Gasteiger partial charge < -0.3 is 19.6 Å². The van der Waals surface area contributed by atoms with Crippen LogP contribution in [0.25, 0.3) is 0 Å². The van der Waals surface area contributed by atoms with Crippen molar-refractivity contribution in [1.29, 1.82) is 0 Å². The summed E-state index contributed by atoms with van der Waals surface area (Å²) in [5, 5.41) is 13.0. The van der Waals surface area contributed by atoms with E-state index in [0.29, 0.717) is 5.75 Å². The van der Waals surface area contributed by atoms with Gasteiger partial charge in [-0.25, -0.2) is 0 Å². The summed E-state index contributed by atoms with van der Waals surface area (Å²) in [6, 6.07) is 6.84. The zero-order valence-electron chi connectivity index (χ0n) is 13.7. The monoisotopic (exact) mass is 345 g/mol. The third-order valence-corrected chi connectivity index (χ3v) is 3.27. The van der Waals surface area contributed by atoms with Crippen LogP contribution in [0.4, 0.5) is 5.82 Å². The zero-order valence-corrected chi connectivity index (χ0v) is 13.7. The highest BCUT2D eigenvalue weighted by Gasteiger charge is 2.20. The first kappa shape index (κ1) is 17.9. The molecule has 0 bridgehead atoms. The number of nitro groups is 1. The van der Waals surface area contributed by atoms with E-state index in [0.717, 1.165) is 6.07 Å². The number of hydrogen-bond acceptors (Lipinski definition) is 7. The number of rotatable bonds is 5. The van der Waals surface area contributed by atoms with Crippen molar-refractivity contribution in [3.8, 4) is 11.5 Å². The first-order valence-corrected chi connectivity index (χ1v) is 7.06. The molecule has 2 aromatic rings. The molecule has 0 aliphatic carbocycles. The molecule has 1 aromatic carbocycles. The molecule has 1 aromatic heterocycles. The van der Waals surface area contributed by atoms with Gasteiger partial charge in [-0.05, 0) is 28.1 Å². The number of amides is 2. The van der Waals surface area contributed by atoms with Crippen LogP contribution in [0, 0.1) is 17.0 Å². The molecule has 0 saturated heterocycles. The number of hydrogen-bond donors (Lipinski definition) is 1. The van der Waals surface area contributed by atoms with Gasteiger partial charge in [0.2, 0.25) is 0 Å². The van der Waals surface area contributed by atoms with Crippen LogP contribution in [0.2, 0.25) is 0 Å². The minimum atomic E-state index is -0.781. The fourth-order valence-electron chi connectivity index (χ4n) is 2.10. The van der Waals surface area contributed by atoms with Gasteiger partial charge in [0.15, 0.2) is 5.69 Å². The predicted octanol–water partition coefficient (Wildman–Crippen LogP) is 1.89. The number of imide groups is 1. The number of aromatic nitrogens is 1. The summed E-state index contributed by atoms with van der Waals surface area (Å²) in [6.07, 6.45) is 0. The van der Waals surface area contributed by atoms with Crippen molar-refractivity contribution in [2.75, 3.05) is 14.2 Å². The Kier molecular flexibility index (Phi) is 5.28. The third-order valence-electron chi connectivity index (χ3n) is 3.27. The Labute approximate surface area is 142 Å². The second kappa shape index (κ2) is 7.39. The Morgan fingerprint density at radius 1 is 1.12 bits per heavy atom. The highest BCUT2D eigenvalue weighted by Crippen LogP contribution is 2.24. The van der Waals surface area contributed by atoms with E-state index in [9.17, 15) is 19.7 Å². The van der Waals surface area contributed by atoms with Crippen LogP contribution in [0.1, 0.15) is 26.4 Å². The van der Waals surface area contributed by atoms with Crippen LogP contribution in [0.15, 0.2) is 30.3 Å². The van der Waals surface area contributed by atoms with Crippen molar-refractivity contribution in [3.63, 3.8) is 0 Å². The molecule has 1 N–H and O–H groups in total. The minimum absolute atomic E-state index is 0.0416. The molecule has 2 amide bonds. The first-order valence-electron chi connectivity index (χ1n) is 7.06. The maximum atomic E-state index is 12.3. The van der Waals surface area contributed by atoms with Gasteiger partial charge in [0, 0.05) is 19.1 Å². The van der Waals surface area contributed by atoms with Gasteiger partial charge in [-0.15, -0.1) is 0 Å². The number of pyridine rings is 1. The molecular weight excluding hydrogens is 330 g/mol. The summed E-state index contributed by atoms with van der Waals surface area (Å²) in [7, 11) is 2.85. The van der Waals surface area contributed by atoms with E-state index in [-0.39, 0.29) is 22.6 Å². The van der Waals surface area contributed by atoms with Gasteiger partial charge in [0.1, 0.15) is 11.5 Å². The second-order valence-corrected chi connectivity index (χ2v) is 4.96. The van der Waals surface area contributed by atoms with E-state index in [1.165, 1.54) is 39.3 Å². The molecule has 130 valence electrons. The van der Waals surface area contributed by atoms with Gasteiger partial charge in [0.25, 0.3) is 11.8 Å². The maximum absolute atomic E-state index is 12.3. The van der Waals surface area contributed by atoms with Gasteiger partial charge in [0.05, 0.1) is 25.3 Å². The Morgan fingerprint density at radius 3 is 2.44 bits per heavy atom. The van der Waals surface area contributed by atoms with Crippen LogP contribution >= 0.6 is 0 Å². The van der Waals surface area contributed by atoms with Gasteiger partial charge in [-0.1, -0.05) is 0 Å². The van der Waals surface area contributed by atoms with Crippen molar-refractivity contribution in [3.05, 3.63) is 57.3 Å². The fourth-order valence-corrected chi connectivity index (χ4v) is 2.10. The highest BCUT2D eigenvalue weighted by molar-refractivity contribution is 6.11. The number of nitrogens with one attached hydrogen (secondary N) is 1. The van der Waals surface area contributed by atoms with Gasteiger partial charge in [-0.2, -0.15) is 0 Å². The molecule has 1 heterocycles. The lowest BCUT2D eigenvalue weighted by atomic mass is 10.1. The van der Waals surface area contributed by atoms with E-state index < -0.39 is 22.6 Å². The summed E-state index contributed by atoms with van der Waals surface area (Å²) in [5.74, 6) is -1.25. The van der Waals surface area contributed by atoms with Crippen LogP contribution in [0.3, 0.4) is 0 Å². The number of carbonyl (C=O) groups is 2. The molecule has 25 heavy (non-hydrogen) atoms. The summed E-state index contributed by atoms with van der Waals surface area (Å²) < 4.78 is 10.2. The van der Waals surface area contributed by atoms with Crippen molar-refractivity contribution < 1.29 is 24.0 Å². The van der Waals surface area contributed by atoms with E-state index in [1.54, 1.807) is 6.07 Å². The lowest BCUT2D eigenvalue weighted by Gasteiger charge is -2.10. The molecule has 0 atom stereocenters. The van der Waals surface area contributed by atoms with Crippen molar-refractivity contribution in [1.82, 2.24) is 10.3 Å². The average Bonchev–Trinajstić information content (AvgIpc) is 2.60. The molecule has 0 saturated carbocycles. The van der Waals surface area contributed by atoms with Gasteiger partial charge in [-0.3, -0.25) is 14.9 Å². The molecule has 0 unspecified atom stereocenters. The fraction of sp³-hybridized carbons (Fsp3) is 0.188. The predicted molar refractivity (Wildman–Crippen MR) is 87.0 cm³/mol. The molecule has 2 rings (SSSR count). The quantitative estimate of drug-likeness (QED) is 0.499. The lowest BCUT2D eigenvalue weighted by Crippen LogP contribution is -2.31. The van der Waals surface area contributed by atoms with Crippen LogP contribution in [0.5, 0.6) is 11.5 Å². The summed E-state index contributed by atoms with van der Waals surface area (Å²) in [6.45, 7) is 1.51. The highest BCUT2D eigenvalue weighted by atomic mass is 16.6. The summed E-state index contributed by atoms with van der Waals surface area (Å²) in [4.78, 5) is 38.4. The smallest absolute Gasteiger partial charge is 0.364 e. The van der Waals surface area contributed by atoms with Crippen LogP contribution < -0.4 is 14.8 Å². The number of carbonyl (C=O) groups excluding carboxylic acids is 2. The first-order chi connectivity index (χ1) is 11.8. The van der Waals surface area contributed by atoms with Crippen molar-refractivity contribution in [2.24, 2.45) is 0 Å². The zero-order chi connectivity index (χ0) is 18.6. The Balaban J connectivity index is 2.26. The summed E-state index contributed by atoms with van der Waals surface area (Å²) >= 11 is 0. The average molecular weight is 345 g/mol. The Morgan fingerprint density at radius 2 is 1.84 bits per heavy atom. The molecule has 0 radical (unpaired) electrons. The van der Waals surface area contributed by atoms with Gasteiger partial charge >= 0.3 is 5.82 Å². The van der Waals surface area contributed by atoms with Crippen molar-refractivity contribution >= 4 is 17.6 Å². The normalized spacial score (nSPS) is 10.0. The van der Waals surface area contributed by atoms with E-state index in [2.05, 4.69) is 10.3 Å². The minimum Gasteiger partial charge on any atom is -0.497 e. The third kappa shape index (κ3) is 4.08. The summed E-state index contributed by atoms with van der Waals surface area (Å²) in [5.41, 5.74) is 0.366. The van der Waals surface area contributed by atoms with E-state index >= 15 is 0 Å². The largest absolute Gasteiger partial charge is 0.497 e. The Hall–Kier alpha value is -3.49. The molecule has 0 spiro atoms. The topological polar surface area (TPSA) is 121 Å². The van der Waals surface area contributed by atoms with Crippen LogP contribution in [-0.4, -0.2) is 35.9 Å². The number of nitrogens with zero attached hydrogens (tertiary/aromatic N) is 2. The number of ether oxygens (including phenoxy) is 2. The molecule has 0 fully saturated rings.